The van der Waals surface area contributed by atoms with E-state index in [1.165, 1.54) is 23.1 Å². The van der Waals surface area contributed by atoms with Crippen LogP contribution < -0.4 is 9.44 Å². The smallest absolute Gasteiger partial charge is 0.402 e. The zero-order valence-electron chi connectivity index (χ0n) is 10.3. The van der Waals surface area contributed by atoms with Gasteiger partial charge in [0.25, 0.3) is 0 Å². The molecule has 0 atom stereocenters. The van der Waals surface area contributed by atoms with Crippen molar-refractivity contribution >= 4 is 28.1 Å². The molecule has 0 unspecified atom stereocenters. The van der Waals surface area contributed by atoms with Crippen molar-refractivity contribution in [1.82, 2.24) is 9.71 Å². The molecule has 0 aromatic carbocycles. The zero-order chi connectivity index (χ0) is 16.1. The summed E-state index contributed by atoms with van der Waals surface area (Å²) < 4.78 is 61.6. The average Bonchev–Trinajstić information content (AvgIpc) is 2.33. The first-order chi connectivity index (χ1) is 9.57. The molecule has 7 nitrogen and oxygen atoms in total. The van der Waals surface area contributed by atoms with E-state index < -0.39 is 28.9 Å². The summed E-state index contributed by atoms with van der Waals surface area (Å²) in [6.07, 6.45) is -1.53. The van der Waals surface area contributed by atoms with Gasteiger partial charge in [-0.2, -0.15) is 26.3 Å². The van der Waals surface area contributed by atoms with Crippen molar-refractivity contribution in [3.63, 3.8) is 0 Å². The van der Waals surface area contributed by atoms with Crippen LogP contribution in [0.5, 0.6) is 0 Å². The highest BCUT2D eigenvalue weighted by Gasteiger charge is 2.29. The number of hydrogen-bond donors (Lipinski definition) is 3. The third-order valence-corrected chi connectivity index (χ3v) is 2.91. The molecule has 116 valence electrons. The number of carboxylic acid groups (broad SMARTS) is 1. The lowest BCUT2D eigenvalue weighted by atomic mass is 10.2. The number of aliphatic carboxylic acids is 1. The Hall–Kier alpha value is -2.14. The van der Waals surface area contributed by atoms with Gasteiger partial charge in [0.2, 0.25) is 0 Å². The average molecular weight is 325 g/mol. The number of nitrogens with one attached hydrogen (secondary N) is 2. The number of nitrogens with zero attached hydrogens (tertiary/aromatic N) is 1. The van der Waals surface area contributed by atoms with Crippen molar-refractivity contribution in [2.24, 2.45) is 0 Å². The summed E-state index contributed by atoms with van der Waals surface area (Å²) in [4.78, 5) is 13.9. The Kier molecular flexibility index (Phi) is 5.27. The third kappa shape index (κ3) is 7.27. The van der Waals surface area contributed by atoms with Crippen LogP contribution in [-0.4, -0.2) is 37.2 Å². The number of rotatable bonds is 6. The Bertz CT molecular complexity index is 643. The minimum absolute atomic E-state index is 0.253. The fraction of sp³-hybridized carbons (Fsp3) is 0.200. The first-order valence-electron chi connectivity index (χ1n) is 5.29. The van der Waals surface area contributed by atoms with Gasteiger partial charge in [-0.3, -0.25) is 4.72 Å². The molecule has 21 heavy (non-hydrogen) atoms. The Morgan fingerprint density at radius 3 is 2.67 bits per heavy atom. The first kappa shape index (κ1) is 16.9. The summed E-state index contributed by atoms with van der Waals surface area (Å²) in [5.41, 5.74) is 0.306. The molecular formula is C10H10F3N3O4S. The lowest BCUT2D eigenvalue weighted by Crippen LogP contribution is -2.37. The van der Waals surface area contributed by atoms with E-state index in [4.69, 9.17) is 5.11 Å². The van der Waals surface area contributed by atoms with Crippen LogP contribution in [0.25, 0.3) is 6.08 Å². The van der Waals surface area contributed by atoms with Crippen LogP contribution in [-0.2, 0) is 15.0 Å². The zero-order valence-corrected chi connectivity index (χ0v) is 11.1. The molecule has 1 aromatic rings. The maximum atomic E-state index is 11.9. The molecule has 3 N–H and O–H groups in total. The van der Waals surface area contributed by atoms with E-state index in [0.717, 1.165) is 12.1 Å². The Morgan fingerprint density at radius 1 is 1.43 bits per heavy atom. The topological polar surface area (TPSA) is 108 Å². The molecule has 0 spiro atoms. The van der Waals surface area contributed by atoms with Crippen LogP contribution in [0.2, 0.25) is 0 Å². The summed E-state index contributed by atoms with van der Waals surface area (Å²) in [7, 11) is -4.44. The molecule has 1 heterocycles. The standard InChI is InChI=1S/C10H10F3N3O4S/c11-10(12,13)6-15-21(19,20)16-8-5-7(3-4-14-8)1-2-9(17)18/h1-5,15H,6H2,(H,14,16)(H,17,18)/b2-1+. The molecule has 0 aliphatic carbocycles. The van der Waals surface area contributed by atoms with Crippen LogP contribution in [0.15, 0.2) is 24.4 Å². The molecule has 0 radical (unpaired) electrons. The highest BCUT2D eigenvalue weighted by Crippen LogP contribution is 2.14. The van der Waals surface area contributed by atoms with Crippen LogP contribution in [0.4, 0.5) is 19.0 Å². The highest BCUT2D eigenvalue weighted by molar-refractivity contribution is 7.90. The molecule has 0 amide bonds. The van der Waals surface area contributed by atoms with Gasteiger partial charge < -0.3 is 5.11 Å². The van der Waals surface area contributed by atoms with Gasteiger partial charge in [0.15, 0.2) is 0 Å². The number of carbonyl (C=O) groups is 1. The van der Waals surface area contributed by atoms with Gasteiger partial charge in [0, 0.05) is 12.3 Å². The van der Waals surface area contributed by atoms with Gasteiger partial charge in [-0.05, 0) is 23.8 Å². The molecule has 0 saturated carbocycles. The predicted molar refractivity (Wildman–Crippen MR) is 67.5 cm³/mol. The van der Waals surface area contributed by atoms with Crippen molar-refractivity contribution < 1.29 is 31.5 Å². The largest absolute Gasteiger partial charge is 0.478 e. The number of alkyl halides is 3. The van der Waals surface area contributed by atoms with Crippen LogP contribution in [0, 0.1) is 0 Å². The number of carboxylic acids is 1. The van der Waals surface area contributed by atoms with E-state index in [0.29, 0.717) is 5.56 Å². The number of pyridine rings is 1. The number of halogens is 3. The SMILES string of the molecule is O=C(O)/C=C/c1ccnc(NS(=O)(=O)NCC(F)(F)F)c1. The van der Waals surface area contributed by atoms with Crippen molar-refractivity contribution in [2.45, 2.75) is 6.18 Å². The molecule has 0 bridgehead atoms. The van der Waals surface area contributed by atoms with Gasteiger partial charge in [-0.1, -0.05) is 0 Å². The second-order valence-electron chi connectivity index (χ2n) is 3.69. The molecule has 11 heteroatoms. The number of anilines is 1. The predicted octanol–water partition coefficient (Wildman–Crippen LogP) is 0.988. The summed E-state index contributed by atoms with van der Waals surface area (Å²) in [6, 6.07) is 2.55. The third-order valence-electron chi connectivity index (χ3n) is 1.90. The molecule has 0 aliphatic rings. The molecule has 1 aromatic heterocycles. The second kappa shape index (κ2) is 6.54. The maximum absolute atomic E-state index is 11.9. The molecule has 1 rings (SSSR count). The van der Waals surface area contributed by atoms with Crippen LogP contribution >= 0.6 is 0 Å². The number of aromatic nitrogens is 1. The van der Waals surface area contributed by atoms with E-state index >= 15 is 0 Å². The Balaban J connectivity index is 2.78. The molecular weight excluding hydrogens is 315 g/mol. The lowest BCUT2D eigenvalue weighted by molar-refractivity contribution is -0.131. The summed E-state index contributed by atoms with van der Waals surface area (Å²) in [5, 5.41) is 8.45. The second-order valence-corrected chi connectivity index (χ2v) is 5.19. The maximum Gasteiger partial charge on any atom is 0.402 e. The minimum Gasteiger partial charge on any atom is -0.478 e. The van der Waals surface area contributed by atoms with E-state index in [9.17, 15) is 26.4 Å². The van der Waals surface area contributed by atoms with Gasteiger partial charge in [-0.25, -0.2) is 9.78 Å². The van der Waals surface area contributed by atoms with Crippen LogP contribution in [0.3, 0.4) is 0 Å². The van der Waals surface area contributed by atoms with Gasteiger partial charge in [-0.15, -0.1) is 0 Å². The van der Waals surface area contributed by atoms with Gasteiger partial charge in [0.1, 0.15) is 12.4 Å². The van der Waals surface area contributed by atoms with Crippen molar-refractivity contribution in [1.29, 1.82) is 0 Å². The molecule has 0 saturated heterocycles. The lowest BCUT2D eigenvalue weighted by Gasteiger charge is -2.10. The number of hydrogen-bond acceptors (Lipinski definition) is 4. The summed E-state index contributed by atoms with van der Waals surface area (Å²) in [6.45, 7) is -1.72. The first-order valence-corrected chi connectivity index (χ1v) is 6.77. The minimum atomic E-state index is -4.69. The fourth-order valence-corrected chi connectivity index (χ4v) is 1.94. The van der Waals surface area contributed by atoms with Crippen molar-refractivity contribution in [3.05, 3.63) is 30.0 Å². The van der Waals surface area contributed by atoms with E-state index in [-0.39, 0.29) is 5.82 Å². The Labute approximate surface area is 117 Å². The summed E-state index contributed by atoms with van der Waals surface area (Å²) in [5.74, 6) is -1.46. The monoisotopic (exact) mass is 325 g/mol. The van der Waals surface area contributed by atoms with Crippen LogP contribution in [0.1, 0.15) is 5.56 Å². The molecule has 0 fully saturated rings. The van der Waals surface area contributed by atoms with E-state index in [1.807, 2.05) is 0 Å². The Morgan fingerprint density at radius 2 is 2.10 bits per heavy atom. The van der Waals surface area contributed by atoms with Gasteiger partial charge in [0.05, 0.1) is 0 Å². The normalized spacial score (nSPS) is 12.5. The summed E-state index contributed by atoms with van der Waals surface area (Å²) >= 11 is 0. The molecule has 0 aliphatic heterocycles. The van der Waals surface area contributed by atoms with Crippen molar-refractivity contribution in [2.75, 3.05) is 11.3 Å². The van der Waals surface area contributed by atoms with E-state index in [2.05, 4.69) is 4.98 Å². The van der Waals surface area contributed by atoms with E-state index in [1.54, 1.807) is 4.72 Å². The highest BCUT2D eigenvalue weighted by atomic mass is 32.2. The van der Waals surface area contributed by atoms with Gasteiger partial charge >= 0.3 is 22.4 Å². The van der Waals surface area contributed by atoms with Crippen molar-refractivity contribution in [3.8, 4) is 0 Å². The fourth-order valence-electron chi connectivity index (χ4n) is 1.12. The quantitative estimate of drug-likeness (QED) is 0.676.